The number of esters is 1. The van der Waals surface area contributed by atoms with Crippen molar-refractivity contribution in [3.05, 3.63) is 45.8 Å². The van der Waals surface area contributed by atoms with E-state index in [9.17, 15) is 44.6 Å². The fourth-order valence-electron chi connectivity index (χ4n) is 6.91. The summed E-state index contributed by atoms with van der Waals surface area (Å²) in [5, 5.41) is 53.4. The van der Waals surface area contributed by atoms with Gasteiger partial charge in [-0.1, -0.05) is 52.3 Å². The highest BCUT2D eigenvalue weighted by atomic mass is 16.7. The highest BCUT2D eigenvalue weighted by Gasteiger charge is 2.38. The fraction of sp³-hybridized carbons (Fsp3) is 0.721. The van der Waals surface area contributed by atoms with E-state index in [0.717, 1.165) is 0 Å². The molecule has 1 fully saturated rings. The highest BCUT2D eigenvalue weighted by Crippen LogP contribution is 2.35. The minimum atomic E-state index is -1.35. The zero-order valence-electron chi connectivity index (χ0n) is 37.7. The lowest BCUT2D eigenvalue weighted by Gasteiger charge is -2.36. The molecule has 1 aliphatic heterocycles. The van der Waals surface area contributed by atoms with Crippen LogP contribution in [-0.4, -0.2) is 120 Å². The minimum absolute atomic E-state index is 0.0478. The maximum absolute atomic E-state index is 12.8. The first-order valence-corrected chi connectivity index (χ1v) is 21.5. The molecule has 6 atom stereocenters. The Morgan fingerprint density at radius 3 is 2.45 bits per heavy atom. The topological polar surface area (TPSA) is 255 Å². The molecule has 0 aliphatic carbocycles. The predicted octanol–water partition coefficient (Wildman–Crippen LogP) is 4.18. The van der Waals surface area contributed by atoms with E-state index in [0.29, 0.717) is 69.3 Å². The Morgan fingerprint density at radius 2 is 1.84 bits per heavy atom. The van der Waals surface area contributed by atoms with Crippen LogP contribution >= 0.6 is 0 Å². The molecule has 348 valence electrons. The summed E-state index contributed by atoms with van der Waals surface area (Å²) in [4.78, 5) is 62.6. The Balaban J connectivity index is 1.55. The summed E-state index contributed by atoms with van der Waals surface area (Å²) in [7, 11) is 0. The van der Waals surface area contributed by atoms with Crippen LogP contribution in [0, 0.1) is 27.9 Å². The number of imide groups is 1. The van der Waals surface area contributed by atoms with Crippen LogP contribution in [0.15, 0.2) is 24.4 Å². The van der Waals surface area contributed by atoms with Crippen molar-refractivity contribution in [2.75, 3.05) is 19.8 Å². The molecular formula is C43H68N6O13. The third kappa shape index (κ3) is 16.0. The molecule has 0 radical (unpaired) electrons. The van der Waals surface area contributed by atoms with Gasteiger partial charge in [-0.05, 0) is 70.9 Å². The second-order valence-electron chi connectivity index (χ2n) is 17.9. The van der Waals surface area contributed by atoms with Crippen LogP contribution in [0.3, 0.4) is 0 Å². The number of carbonyl (C=O) groups is 4. The SMILES string of the molecule is CCC(C(=O)N(C=O)CCCCCC(=O)NC(C)(C)COC(C)(C)CCn1cc(CC(OC(=O)C(C)C)c2ccc(OC3CC(O)C(O)C(CO)O3)c([N+](=O)[O-])c2)nn1)C(C)C. The van der Waals surface area contributed by atoms with Crippen molar-refractivity contribution >= 4 is 29.9 Å². The summed E-state index contributed by atoms with van der Waals surface area (Å²) >= 11 is 0. The molecule has 3 rings (SSSR count). The van der Waals surface area contributed by atoms with Crippen LogP contribution in [0.2, 0.25) is 0 Å². The number of aliphatic hydroxyl groups excluding tert-OH is 3. The molecule has 6 unspecified atom stereocenters. The predicted molar refractivity (Wildman–Crippen MR) is 225 cm³/mol. The number of amides is 3. The highest BCUT2D eigenvalue weighted by molar-refractivity contribution is 5.88. The van der Waals surface area contributed by atoms with Crippen molar-refractivity contribution in [3.8, 4) is 5.75 Å². The maximum Gasteiger partial charge on any atom is 0.311 e. The number of benzene rings is 1. The third-order valence-electron chi connectivity index (χ3n) is 10.8. The van der Waals surface area contributed by atoms with Crippen LogP contribution in [0.1, 0.15) is 125 Å². The van der Waals surface area contributed by atoms with Crippen molar-refractivity contribution in [3.63, 3.8) is 0 Å². The smallest absolute Gasteiger partial charge is 0.311 e. The maximum atomic E-state index is 12.8. The Bertz CT molecular complexity index is 1780. The first kappa shape index (κ1) is 51.8. The Kier molecular flexibility index (Phi) is 19.8. The number of ether oxygens (including phenoxy) is 4. The number of aryl methyl sites for hydroxylation is 1. The molecular weight excluding hydrogens is 809 g/mol. The third-order valence-corrected chi connectivity index (χ3v) is 10.8. The fourth-order valence-corrected chi connectivity index (χ4v) is 6.91. The number of unbranched alkanes of at least 4 members (excludes halogenated alkanes) is 2. The van der Waals surface area contributed by atoms with E-state index in [-0.39, 0.29) is 48.8 Å². The van der Waals surface area contributed by atoms with Crippen LogP contribution in [-0.2, 0) is 46.4 Å². The van der Waals surface area contributed by atoms with Gasteiger partial charge in [-0.2, -0.15) is 0 Å². The average Bonchev–Trinajstić information content (AvgIpc) is 3.66. The van der Waals surface area contributed by atoms with Crippen LogP contribution in [0.4, 0.5) is 5.69 Å². The van der Waals surface area contributed by atoms with Crippen LogP contribution in [0.5, 0.6) is 5.75 Å². The molecule has 1 saturated heterocycles. The molecule has 19 heteroatoms. The summed E-state index contributed by atoms with van der Waals surface area (Å²) in [6.07, 6.45) is -0.382. The molecule has 19 nitrogen and oxygen atoms in total. The number of aliphatic hydroxyl groups is 3. The monoisotopic (exact) mass is 876 g/mol. The molecule has 0 saturated carbocycles. The number of carbonyl (C=O) groups excluding carboxylic acids is 4. The molecule has 0 spiro atoms. The van der Waals surface area contributed by atoms with E-state index in [1.54, 1.807) is 24.7 Å². The summed E-state index contributed by atoms with van der Waals surface area (Å²) in [6.45, 7) is 17.2. The van der Waals surface area contributed by atoms with E-state index in [1.807, 2.05) is 48.5 Å². The van der Waals surface area contributed by atoms with Gasteiger partial charge >= 0.3 is 11.7 Å². The number of nitro groups is 1. The second kappa shape index (κ2) is 23.8. The summed E-state index contributed by atoms with van der Waals surface area (Å²) < 4.78 is 24.9. The number of hydrogen-bond donors (Lipinski definition) is 4. The standard InChI is InChI=1S/C43H68N6O13/c1-10-31(27(2)3)40(55)47(26-51)18-13-11-12-14-37(53)44-42(6,7)25-59-43(8,9)17-19-48-23-30(45-46-48)21-35(62-41(56)28(4)5)29-15-16-34(32(20-29)49(57)58)60-38-22-33(52)39(54)36(24-50)61-38/h15-16,20,23,26-28,31,33,35-36,38-39,50,52,54H,10-14,17-19,21-22,24-25H2,1-9H3,(H,44,53). The molecule has 2 aromatic rings. The van der Waals surface area contributed by atoms with E-state index in [2.05, 4.69) is 15.6 Å². The number of aromatic nitrogens is 3. The summed E-state index contributed by atoms with van der Waals surface area (Å²) in [6, 6.07) is 4.07. The van der Waals surface area contributed by atoms with Gasteiger partial charge in [0.15, 0.2) is 5.75 Å². The van der Waals surface area contributed by atoms with E-state index in [4.69, 9.17) is 18.9 Å². The van der Waals surface area contributed by atoms with Gasteiger partial charge in [0, 0.05) is 50.5 Å². The first-order valence-electron chi connectivity index (χ1n) is 21.5. The molecule has 1 aromatic carbocycles. The molecule has 2 heterocycles. The molecule has 0 bridgehead atoms. The minimum Gasteiger partial charge on any atom is -0.458 e. The van der Waals surface area contributed by atoms with Crippen LogP contribution in [0.25, 0.3) is 0 Å². The lowest BCUT2D eigenvalue weighted by Crippen LogP contribution is -2.51. The van der Waals surface area contributed by atoms with Gasteiger partial charge in [0.2, 0.25) is 24.5 Å². The van der Waals surface area contributed by atoms with Crippen molar-refractivity contribution in [2.24, 2.45) is 17.8 Å². The van der Waals surface area contributed by atoms with Crippen molar-refractivity contribution < 1.29 is 58.4 Å². The van der Waals surface area contributed by atoms with Gasteiger partial charge in [-0.25, -0.2) is 0 Å². The summed E-state index contributed by atoms with van der Waals surface area (Å²) in [5.74, 6) is -1.52. The number of nitrogens with one attached hydrogen (secondary N) is 1. The lowest BCUT2D eigenvalue weighted by atomic mass is 9.92. The van der Waals surface area contributed by atoms with Gasteiger partial charge in [-0.15, -0.1) is 5.10 Å². The molecule has 3 amide bonds. The molecule has 4 N–H and O–H groups in total. The van der Waals surface area contributed by atoms with E-state index >= 15 is 0 Å². The number of nitrogens with zero attached hydrogens (tertiary/aromatic N) is 5. The van der Waals surface area contributed by atoms with Gasteiger partial charge in [-0.3, -0.25) is 38.9 Å². The van der Waals surface area contributed by atoms with E-state index < -0.39 is 71.0 Å². The van der Waals surface area contributed by atoms with Crippen molar-refractivity contribution in [1.29, 1.82) is 0 Å². The lowest BCUT2D eigenvalue weighted by molar-refractivity contribution is -0.386. The largest absolute Gasteiger partial charge is 0.458 e. The van der Waals surface area contributed by atoms with Gasteiger partial charge in [0.1, 0.15) is 18.3 Å². The Hall–Kier alpha value is -4.56. The first-order chi connectivity index (χ1) is 29.1. The van der Waals surface area contributed by atoms with Gasteiger partial charge in [0.05, 0.1) is 47.0 Å². The number of nitro benzene ring substituents is 1. The normalized spacial score (nSPS) is 19.2. The zero-order valence-corrected chi connectivity index (χ0v) is 37.7. The zero-order chi connectivity index (χ0) is 46.4. The quantitative estimate of drug-likeness (QED) is 0.0340. The number of rotatable bonds is 26. The summed E-state index contributed by atoms with van der Waals surface area (Å²) in [5.41, 5.74) is -0.989. The average molecular weight is 877 g/mol. The number of hydrogen-bond acceptors (Lipinski definition) is 15. The molecule has 1 aromatic heterocycles. The van der Waals surface area contributed by atoms with Gasteiger partial charge < -0.3 is 39.6 Å². The van der Waals surface area contributed by atoms with Gasteiger partial charge in [0.25, 0.3) is 0 Å². The van der Waals surface area contributed by atoms with E-state index in [1.165, 1.54) is 23.1 Å². The second-order valence-corrected chi connectivity index (χ2v) is 17.9. The molecule has 62 heavy (non-hydrogen) atoms. The Morgan fingerprint density at radius 1 is 1.13 bits per heavy atom. The van der Waals surface area contributed by atoms with Crippen molar-refractivity contribution in [1.82, 2.24) is 25.2 Å². The van der Waals surface area contributed by atoms with Crippen molar-refractivity contribution in [2.45, 2.75) is 162 Å². The van der Waals surface area contributed by atoms with Crippen LogP contribution < -0.4 is 10.1 Å². The Labute approximate surface area is 363 Å². The molecule has 1 aliphatic rings.